The molecule has 0 aliphatic rings. The van der Waals surface area contributed by atoms with Gasteiger partial charge in [0.15, 0.2) is 0 Å². The molecule has 0 saturated heterocycles. The SMILES string of the molecule is Cc1ccc(C(Oc2ccc(Cl)cc2C)C(C)N)cc1. The summed E-state index contributed by atoms with van der Waals surface area (Å²) in [7, 11) is 0. The third-order valence-corrected chi connectivity index (χ3v) is 3.51. The van der Waals surface area contributed by atoms with Crippen molar-refractivity contribution in [1.29, 1.82) is 0 Å². The van der Waals surface area contributed by atoms with Gasteiger partial charge in [-0.2, -0.15) is 0 Å². The van der Waals surface area contributed by atoms with Gasteiger partial charge in [0.1, 0.15) is 11.9 Å². The lowest BCUT2D eigenvalue weighted by Gasteiger charge is -2.24. The van der Waals surface area contributed by atoms with Crippen LogP contribution in [0.1, 0.15) is 29.7 Å². The topological polar surface area (TPSA) is 35.2 Å². The predicted molar refractivity (Wildman–Crippen MR) is 84.4 cm³/mol. The number of halogens is 1. The number of aryl methyl sites for hydroxylation is 2. The molecule has 0 aliphatic carbocycles. The van der Waals surface area contributed by atoms with E-state index in [1.165, 1.54) is 5.56 Å². The van der Waals surface area contributed by atoms with Gasteiger partial charge in [0.05, 0.1) is 0 Å². The second-order valence-electron chi connectivity index (χ2n) is 5.22. The monoisotopic (exact) mass is 289 g/mol. The number of ether oxygens (including phenoxy) is 1. The van der Waals surface area contributed by atoms with Crippen LogP contribution in [0, 0.1) is 13.8 Å². The van der Waals surface area contributed by atoms with Gasteiger partial charge in [0, 0.05) is 11.1 Å². The quantitative estimate of drug-likeness (QED) is 0.904. The Bertz CT molecular complexity index is 578. The molecule has 0 aliphatic heterocycles. The Balaban J connectivity index is 2.28. The largest absolute Gasteiger partial charge is 0.484 e. The Morgan fingerprint density at radius 3 is 2.25 bits per heavy atom. The molecule has 2 aromatic rings. The summed E-state index contributed by atoms with van der Waals surface area (Å²) in [5.74, 6) is 0.817. The van der Waals surface area contributed by atoms with Crippen LogP contribution in [0.15, 0.2) is 42.5 Å². The van der Waals surface area contributed by atoms with E-state index in [0.29, 0.717) is 5.02 Å². The van der Waals surface area contributed by atoms with E-state index < -0.39 is 0 Å². The summed E-state index contributed by atoms with van der Waals surface area (Å²) in [5, 5.41) is 0.711. The summed E-state index contributed by atoms with van der Waals surface area (Å²) in [6.07, 6.45) is -0.171. The number of benzene rings is 2. The molecule has 0 saturated carbocycles. The molecule has 2 N–H and O–H groups in total. The molecule has 20 heavy (non-hydrogen) atoms. The molecule has 2 aromatic carbocycles. The van der Waals surface area contributed by atoms with E-state index in [4.69, 9.17) is 22.1 Å². The normalized spacial score (nSPS) is 13.8. The summed E-state index contributed by atoms with van der Waals surface area (Å²) < 4.78 is 6.10. The van der Waals surface area contributed by atoms with Crippen LogP contribution < -0.4 is 10.5 Å². The average Bonchev–Trinajstić information content (AvgIpc) is 2.39. The fourth-order valence-electron chi connectivity index (χ4n) is 2.12. The van der Waals surface area contributed by atoms with E-state index in [9.17, 15) is 0 Å². The minimum atomic E-state index is -0.171. The fourth-order valence-corrected chi connectivity index (χ4v) is 2.34. The van der Waals surface area contributed by atoms with E-state index in [2.05, 4.69) is 31.2 Å². The molecule has 0 spiro atoms. The highest BCUT2D eigenvalue weighted by molar-refractivity contribution is 6.30. The molecule has 2 atom stereocenters. The predicted octanol–water partition coefficient (Wildman–Crippen LogP) is 4.42. The number of hydrogen-bond donors (Lipinski definition) is 1. The first kappa shape index (κ1) is 14.9. The van der Waals surface area contributed by atoms with E-state index in [1.54, 1.807) is 0 Å². The average molecular weight is 290 g/mol. The van der Waals surface area contributed by atoms with Gasteiger partial charge in [-0.3, -0.25) is 0 Å². The zero-order chi connectivity index (χ0) is 14.7. The first-order valence-electron chi connectivity index (χ1n) is 6.72. The van der Waals surface area contributed by atoms with Gasteiger partial charge in [0.2, 0.25) is 0 Å². The molecule has 0 radical (unpaired) electrons. The van der Waals surface area contributed by atoms with Gasteiger partial charge in [0.25, 0.3) is 0 Å². The third kappa shape index (κ3) is 3.53. The Labute approximate surface area is 125 Å². The summed E-state index contributed by atoms with van der Waals surface area (Å²) in [5.41, 5.74) is 9.40. The Morgan fingerprint density at radius 2 is 1.70 bits per heavy atom. The maximum absolute atomic E-state index is 6.10. The van der Waals surface area contributed by atoms with E-state index in [1.807, 2.05) is 32.0 Å². The lowest BCUT2D eigenvalue weighted by molar-refractivity contribution is 0.179. The van der Waals surface area contributed by atoms with E-state index in [-0.39, 0.29) is 12.1 Å². The molecule has 0 fully saturated rings. The highest BCUT2D eigenvalue weighted by Crippen LogP contribution is 2.28. The van der Waals surface area contributed by atoms with Crippen molar-refractivity contribution in [2.45, 2.75) is 32.9 Å². The minimum absolute atomic E-state index is 0.104. The van der Waals surface area contributed by atoms with Gasteiger partial charge in [-0.1, -0.05) is 41.4 Å². The molecule has 2 rings (SSSR count). The van der Waals surface area contributed by atoms with Crippen LogP contribution >= 0.6 is 11.6 Å². The van der Waals surface area contributed by atoms with Crippen molar-refractivity contribution < 1.29 is 4.74 Å². The van der Waals surface area contributed by atoms with Crippen molar-refractivity contribution in [2.75, 3.05) is 0 Å². The van der Waals surface area contributed by atoms with Crippen LogP contribution in [0.25, 0.3) is 0 Å². The number of rotatable bonds is 4. The van der Waals surface area contributed by atoms with Crippen LogP contribution in [-0.2, 0) is 0 Å². The zero-order valence-electron chi connectivity index (χ0n) is 12.1. The standard InChI is InChI=1S/C17H20ClNO/c1-11-4-6-14(7-5-11)17(13(3)19)20-16-9-8-15(18)10-12(16)2/h4-10,13,17H,19H2,1-3H3. The van der Waals surface area contributed by atoms with E-state index in [0.717, 1.165) is 16.9 Å². The molecule has 2 nitrogen and oxygen atoms in total. The first-order valence-corrected chi connectivity index (χ1v) is 7.10. The summed E-state index contributed by atoms with van der Waals surface area (Å²) in [4.78, 5) is 0. The van der Waals surface area contributed by atoms with Gasteiger partial charge in [-0.15, -0.1) is 0 Å². The Hall–Kier alpha value is -1.51. The third-order valence-electron chi connectivity index (χ3n) is 3.27. The molecule has 0 amide bonds. The van der Waals surface area contributed by atoms with Crippen LogP contribution in [-0.4, -0.2) is 6.04 Å². The van der Waals surface area contributed by atoms with Crippen LogP contribution in [0.5, 0.6) is 5.75 Å². The van der Waals surface area contributed by atoms with Crippen molar-refractivity contribution in [3.05, 3.63) is 64.2 Å². The smallest absolute Gasteiger partial charge is 0.138 e. The van der Waals surface area contributed by atoms with E-state index >= 15 is 0 Å². The number of nitrogens with two attached hydrogens (primary N) is 1. The van der Waals surface area contributed by atoms with Crippen LogP contribution in [0.4, 0.5) is 0 Å². The Morgan fingerprint density at radius 1 is 1.05 bits per heavy atom. The van der Waals surface area contributed by atoms with Crippen molar-refractivity contribution in [3.63, 3.8) is 0 Å². The highest BCUT2D eigenvalue weighted by atomic mass is 35.5. The molecule has 0 bridgehead atoms. The second-order valence-corrected chi connectivity index (χ2v) is 5.65. The summed E-state index contributed by atoms with van der Waals surface area (Å²) in [6, 6.07) is 13.8. The lowest BCUT2D eigenvalue weighted by Crippen LogP contribution is -2.29. The van der Waals surface area contributed by atoms with Gasteiger partial charge in [-0.25, -0.2) is 0 Å². The van der Waals surface area contributed by atoms with Gasteiger partial charge < -0.3 is 10.5 Å². The maximum atomic E-state index is 6.10. The zero-order valence-corrected chi connectivity index (χ0v) is 12.8. The maximum Gasteiger partial charge on any atom is 0.138 e. The van der Waals surface area contributed by atoms with Crippen molar-refractivity contribution in [3.8, 4) is 5.75 Å². The summed E-state index contributed by atoms with van der Waals surface area (Å²) >= 11 is 5.97. The molecular weight excluding hydrogens is 270 g/mol. The van der Waals surface area contributed by atoms with Crippen LogP contribution in [0.3, 0.4) is 0 Å². The van der Waals surface area contributed by atoms with Crippen LogP contribution in [0.2, 0.25) is 5.02 Å². The number of hydrogen-bond acceptors (Lipinski definition) is 2. The lowest BCUT2D eigenvalue weighted by atomic mass is 10.0. The Kier molecular flexibility index (Phi) is 4.69. The molecular formula is C17H20ClNO. The van der Waals surface area contributed by atoms with Crippen molar-refractivity contribution >= 4 is 11.6 Å². The molecule has 0 heterocycles. The first-order chi connectivity index (χ1) is 9.47. The highest BCUT2D eigenvalue weighted by Gasteiger charge is 2.19. The van der Waals surface area contributed by atoms with Gasteiger partial charge >= 0.3 is 0 Å². The van der Waals surface area contributed by atoms with Crippen molar-refractivity contribution in [2.24, 2.45) is 5.73 Å². The molecule has 0 aromatic heterocycles. The molecule has 2 unspecified atom stereocenters. The van der Waals surface area contributed by atoms with Gasteiger partial charge in [-0.05, 0) is 50.1 Å². The molecule has 3 heteroatoms. The van der Waals surface area contributed by atoms with Crippen molar-refractivity contribution in [1.82, 2.24) is 0 Å². The summed E-state index contributed by atoms with van der Waals surface area (Å²) in [6.45, 7) is 6.00. The second kappa shape index (κ2) is 6.29. The molecule has 106 valence electrons. The fraction of sp³-hybridized carbons (Fsp3) is 0.294. The minimum Gasteiger partial charge on any atom is -0.484 e.